The summed E-state index contributed by atoms with van der Waals surface area (Å²) >= 11 is 0. The van der Waals surface area contributed by atoms with Crippen LogP contribution in [0, 0.1) is 6.92 Å². The minimum atomic E-state index is -3.82. The third-order valence-electron chi connectivity index (χ3n) is 3.39. The van der Waals surface area contributed by atoms with E-state index in [1.807, 2.05) is 16.7 Å². The van der Waals surface area contributed by atoms with Gasteiger partial charge in [0.15, 0.2) is 0 Å². The Labute approximate surface area is 126 Å². The zero-order valence-electron chi connectivity index (χ0n) is 11.5. The van der Waals surface area contributed by atoms with E-state index >= 15 is 0 Å². The lowest BCUT2D eigenvalue weighted by Gasteiger charge is -2.05. The number of hydrogen-bond donors (Lipinski definition) is 0. The molecular formula is C13H13ClN4O2S. The quantitative estimate of drug-likeness (QED) is 0.691. The smallest absolute Gasteiger partial charge is 0.263 e. The van der Waals surface area contributed by atoms with E-state index in [4.69, 9.17) is 10.7 Å². The molecule has 2 aromatic heterocycles. The van der Waals surface area contributed by atoms with Crippen molar-refractivity contribution in [2.24, 2.45) is 7.05 Å². The lowest BCUT2D eigenvalue weighted by atomic mass is 10.2. The molecule has 0 aliphatic rings. The molecule has 0 saturated heterocycles. The molecule has 0 aliphatic carbocycles. The molecule has 6 nitrogen and oxygen atoms in total. The maximum atomic E-state index is 11.9. The fourth-order valence-electron chi connectivity index (χ4n) is 2.54. The van der Waals surface area contributed by atoms with E-state index in [1.54, 1.807) is 37.0 Å². The lowest BCUT2D eigenvalue weighted by molar-refractivity contribution is 0.608. The van der Waals surface area contributed by atoms with Crippen LogP contribution < -0.4 is 0 Å². The van der Waals surface area contributed by atoms with Crippen LogP contribution in [0.3, 0.4) is 0 Å². The number of rotatable bonds is 3. The lowest BCUT2D eigenvalue weighted by Crippen LogP contribution is -2.03. The van der Waals surface area contributed by atoms with Crippen molar-refractivity contribution < 1.29 is 8.42 Å². The number of aryl methyl sites for hydroxylation is 1. The molecule has 0 N–H and O–H groups in total. The number of hydrogen-bond acceptors (Lipinski definition) is 4. The highest BCUT2D eigenvalue weighted by Crippen LogP contribution is 2.32. The van der Waals surface area contributed by atoms with E-state index in [0.29, 0.717) is 17.6 Å². The highest BCUT2D eigenvalue weighted by molar-refractivity contribution is 8.14. The van der Waals surface area contributed by atoms with Gasteiger partial charge in [0, 0.05) is 40.5 Å². The molecular weight excluding hydrogens is 312 g/mol. The summed E-state index contributed by atoms with van der Waals surface area (Å²) in [6.45, 7) is 2.18. The van der Waals surface area contributed by atoms with Gasteiger partial charge in [-0.25, -0.2) is 8.42 Å². The van der Waals surface area contributed by atoms with Gasteiger partial charge in [-0.15, -0.1) is 5.10 Å². The maximum absolute atomic E-state index is 11.9. The predicted octanol–water partition coefficient (Wildman–Crippen LogP) is 2.05. The molecule has 8 heteroatoms. The molecule has 3 rings (SSSR count). The summed E-state index contributed by atoms with van der Waals surface area (Å²) < 4.78 is 27.2. The average molecular weight is 325 g/mol. The Morgan fingerprint density at radius 1 is 1.29 bits per heavy atom. The van der Waals surface area contributed by atoms with E-state index < -0.39 is 9.05 Å². The largest absolute Gasteiger partial charge is 0.337 e. The first-order valence-corrected chi connectivity index (χ1v) is 8.56. The Hall–Kier alpha value is -1.86. The van der Waals surface area contributed by atoms with Crippen LogP contribution in [0.2, 0.25) is 0 Å². The summed E-state index contributed by atoms with van der Waals surface area (Å²) in [5, 5.41) is 8.55. The number of halogens is 1. The fraction of sp³-hybridized carbons (Fsp3) is 0.231. The monoisotopic (exact) mass is 324 g/mol. The van der Waals surface area contributed by atoms with Gasteiger partial charge in [-0.2, -0.15) is 0 Å². The van der Waals surface area contributed by atoms with Gasteiger partial charge in [0.25, 0.3) is 9.05 Å². The van der Waals surface area contributed by atoms with E-state index in [-0.39, 0.29) is 4.90 Å². The summed E-state index contributed by atoms with van der Waals surface area (Å²) in [6.07, 6.45) is 1.79. The van der Waals surface area contributed by atoms with Crippen LogP contribution in [0.5, 0.6) is 0 Å². The van der Waals surface area contributed by atoms with Crippen molar-refractivity contribution in [2.75, 3.05) is 0 Å². The molecule has 3 aromatic rings. The Bertz CT molecular complexity index is 927. The summed E-state index contributed by atoms with van der Waals surface area (Å²) in [5.74, 6) is 0. The second kappa shape index (κ2) is 4.85. The average Bonchev–Trinajstić information content (AvgIpc) is 2.92. The third-order valence-corrected chi connectivity index (χ3v) is 4.85. The molecule has 0 unspecified atom stereocenters. The van der Waals surface area contributed by atoms with Gasteiger partial charge < -0.3 is 4.57 Å². The highest BCUT2D eigenvalue weighted by Gasteiger charge is 2.23. The number of benzene rings is 1. The van der Waals surface area contributed by atoms with Crippen LogP contribution in [0.4, 0.5) is 0 Å². The molecule has 0 radical (unpaired) electrons. The minimum absolute atomic E-state index is 0.156. The molecule has 0 fully saturated rings. The van der Waals surface area contributed by atoms with E-state index in [0.717, 1.165) is 11.2 Å². The zero-order chi connectivity index (χ0) is 15.2. The standard InChI is InChI=1S/C13H13ClN4O2S/c1-9-13(21(14,19)20)11-5-3-4-6-12(11)18(9)8-10-7-17(2)16-15-10/h3-7H,8H2,1-2H3. The highest BCUT2D eigenvalue weighted by atomic mass is 35.7. The second-order valence-electron chi connectivity index (χ2n) is 4.84. The van der Waals surface area contributed by atoms with Crippen molar-refractivity contribution in [2.45, 2.75) is 18.4 Å². The van der Waals surface area contributed by atoms with Crippen LogP contribution >= 0.6 is 10.7 Å². The SMILES string of the molecule is Cc1c(S(=O)(=O)Cl)c2ccccc2n1Cc1cn(C)nn1. The van der Waals surface area contributed by atoms with Gasteiger partial charge in [0.05, 0.1) is 6.54 Å². The molecule has 0 aliphatic heterocycles. The Morgan fingerprint density at radius 3 is 2.62 bits per heavy atom. The number of nitrogens with zero attached hydrogens (tertiary/aromatic N) is 4. The Kier molecular flexibility index (Phi) is 3.26. The predicted molar refractivity (Wildman–Crippen MR) is 79.8 cm³/mol. The van der Waals surface area contributed by atoms with Gasteiger partial charge in [-0.05, 0) is 13.0 Å². The van der Waals surface area contributed by atoms with Crippen molar-refractivity contribution in [1.29, 1.82) is 0 Å². The molecule has 1 aromatic carbocycles. The Balaban J connectivity index is 2.25. The molecule has 21 heavy (non-hydrogen) atoms. The first-order chi connectivity index (χ1) is 9.88. The molecule has 110 valence electrons. The molecule has 0 saturated carbocycles. The minimum Gasteiger partial charge on any atom is -0.337 e. The zero-order valence-corrected chi connectivity index (χ0v) is 13.1. The summed E-state index contributed by atoms with van der Waals surface area (Å²) in [7, 11) is 3.56. The Morgan fingerprint density at radius 2 is 2.00 bits per heavy atom. The fourth-order valence-corrected chi connectivity index (χ4v) is 4.02. The van der Waals surface area contributed by atoms with Crippen LogP contribution in [-0.4, -0.2) is 28.0 Å². The van der Waals surface area contributed by atoms with Gasteiger partial charge in [0.2, 0.25) is 0 Å². The first kappa shape index (κ1) is 14.1. The molecule has 0 bridgehead atoms. The molecule has 0 atom stereocenters. The van der Waals surface area contributed by atoms with Crippen molar-refractivity contribution in [3.8, 4) is 0 Å². The maximum Gasteiger partial charge on any atom is 0.263 e. The number of aromatic nitrogens is 4. The molecule has 0 spiro atoms. The van der Waals surface area contributed by atoms with Crippen molar-refractivity contribution >= 4 is 30.6 Å². The van der Waals surface area contributed by atoms with Crippen LogP contribution in [0.25, 0.3) is 10.9 Å². The van der Waals surface area contributed by atoms with Gasteiger partial charge in [-0.3, -0.25) is 4.68 Å². The van der Waals surface area contributed by atoms with Gasteiger partial charge in [0.1, 0.15) is 10.6 Å². The van der Waals surface area contributed by atoms with Crippen LogP contribution in [-0.2, 0) is 22.6 Å². The third kappa shape index (κ3) is 2.43. The first-order valence-electron chi connectivity index (χ1n) is 6.25. The van der Waals surface area contributed by atoms with Crippen LogP contribution in [0.15, 0.2) is 35.4 Å². The second-order valence-corrected chi connectivity index (χ2v) is 7.34. The van der Waals surface area contributed by atoms with Gasteiger partial charge in [-0.1, -0.05) is 23.4 Å². The van der Waals surface area contributed by atoms with Gasteiger partial charge >= 0.3 is 0 Å². The van der Waals surface area contributed by atoms with Crippen molar-refractivity contribution in [3.05, 3.63) is 41.9 Å². The van der Waals surface area contributed by atoms with E-state index in [1.165, 1.54) is 0 Å². The van der Waals surface area contributed by atoms with Crippen LogP contribution in [0.1, 0.15) is 11.4 Å². The molecule has 0 amide bonds. The summed E-state index contributed by atoms with van der Waals surface area (Å²) in [6, 6.07) is 7.27. The van der Waals surface area contributed by atoms with Crippen molar-refractivity contribution in [1.82, 2.24) is 19.6 Å². The summed E-state index contributed by atoms with van der Waals surface area (Å²) in [4.78, 5) is 0.156. The summed E-state index contributed by atoms with van der Waals surface area (Å²) in [5.41, 5.74) is 2.15. The normalized spacial score (nSPS) is 12.1. The number of para-hydroxylation sites is 1. The topological polar surface area (TPSA) is 69.8 Å². The van der Waals surface area contributed by atoms with E-state index in [9.17, 15) is 8.42 Å². The molecule has 2 heterocycles. The van der Waals surface area contributed by atoms with E-state index in [2.05, 4.69) is 10.3 Å². The number of fused-ring (bicyclic) bond motifs is 1. The van der Waals surface area contributed by atoms with Crippen molar-refractivity contribution in [3.63, 3.8) is 0 Å².